The number of halogens is 1. The van der Waals surface area contributed by atoms with Gasteiger partial charge in [0.05, 0.1) is 20.0 Å². The van der Waals surface area contributed by atoms with Crippen LogP contribution >= 0.6 is 0 Å². The molecule has 0 bridgehead atoms. The Balaban J connectivity index is 1.85. The highest BCUT2D eigenvalue weighted by Gasteiger charge is 2.23. The topological polar surface area (TPSA) is 52.6 Å². The molecular formula is C16H23FO4S. The average molecular weight is 330 g/mol. The lowest BCUT2D eigenvalue weighted by molar-refractivity contribution is 0.187. The molecule has 1 aliphatic rings. The minimum absolute atomic E-state index is 0.191. The van der Waals surface area contributed by atoms with Crippen LogP contribution in [0.5, 0.6) is 5.75 Å². The third-order valence-electron chi connectivity index (χ3n) is 4.25. The highest BCUT2D eigenvalue weighted by Crippen LogP contribution is 2.32. The van der Waals surface area contributed by atoms with Gasteiger partial charge in [0.2, 0.25) is 0 Å². The summed E-state index contributed by atoms with van der Waals surface area (Å²) < 4.78 is 45.9. The Labute approximate surface area is 131 Å². The van der Waals surface area contributed by atoms with Crippen molar-refractivity contribution >= 4 is 10.1 Å². The summed E-state index contributed by atoms with van der Waals surface area (Å²) in [6, 6.07) is 4.83. The number of methoxy groups -OCH3 is 1. The Morgan fingerprint density at radius 1 is 1.18 bits per heavy atom. The van der Waals surface area contributed by atoms with Gasteiger partial charge in [-0.3, -0.25) is 4.18 Å². The van der Waals surface area contributed by atoms with Crippen LogP contribution in [-0.2, 0) is 20.7 Å². The SMILES string of the molecule is COc1ccc(F)c(C[C@H]2CC[C@H](COS(C)(=O)=O)CC2)c1. The van der Waals surface area contributed by atoms with Crippen molar-refractivity contribution in [3.8, 4) is 5.75 Å². The van der Waals surface area contributed by atoms with Gasteiger partial charge < -0.3 is 4.74 Å². The van der Waals surface area contributed by atoms with E-state index in [1.54, 1.807) is 19.2 Å². The monoisotopic (exact) mass is 330 g/mol. The number of rotatable bonds is 6. The van der Waals surface area contributed by atoms with Crippen molar-refractivity contribution in [1.29, 1.82) is 0 Å². The van der Waals surface area contributed by atoms with Crippen LogP contribution in [0, 0.1) is 17.7 Å². The summed E-state index contributed by atoms with van der Waals surface area (Å²) in [6.07, 6.45) is 5.55. The second-order valence-corrected chi connectivity index (χ2v) is 7.68. The summed E-state index contributed by atoms with van der Waals surface area (Å²) in [4.78, 5) is 0. The maximum atomic E-state index is 13.8. The molecule has 0 unspecified atom stereocenters. The van der Waals surface area contributed by atoms with Gasteiger partial charge in [-0.2, -0.15) is 8.42 Å². The van der Waals surface area contributed by atoms with Gasteiger partial charge >= 0.3 is 0 Å². The van der Waals surface area contributed by atoms with Crippen LogP contribution in [0.4, 0.5) is 4.39 Å². The van der Waals surface area contributed by atoms with Crippen molar-refractivity contribution in [3.05, 3.63) is 29.6 Å². The van der Waals surface area contributed by atoms with E-state index >= 15 is 0 Å². The van der Waals surface area contributed by atoms with Crippen molar-refractivity contribution in [3.63, 3.8) is 0 Å². The standard InChI is InChI=1S/C16H23FO4S/c1-20-15-7-8-16(17)14(10-15)9-12-3-5-13(6-4-12)11-21-22(2,18)19/h7-8,10,12-13H,3-6,9,11H2,1-2H3/t12-,13-. The molecule has 0 aromatic heterocycles. The molecule has 1 aromatic carbocycles. The lowest BCUT2D eigenvalue weighted by Gasteiger charge is -2.28. The molecule has 0 radical (unpaired) electrons. The normalized spacial score (nSPS) is 22.5. The van der Waals surface area contributed by atoms with E-state index in [-0.39, 0.29) is 18.3 Å². The van der Waals surface area contributed by atoms with E-state index in [4.69, 9.17) is 8.92 Å². The van der Waals surface area contributed by atoms with E-state index in [1.807, 2.05) is 0 Å². The van der Waals surface area contributed by atoms with Gasteiger partial charge in [-0.1, -0.05) is 0 Å². The van der Waals surface area contributed by atoms with Gasteiger partial charge in [-0.05, 0) is 67.7 Å². The first-order valence-electron chi connectivity index (χ1n) is 7.54. The molecular weight excluding hydrogens is 307 g/mol. The van der Waals surface area contributed by atoms with Crippen molar-refractivity contribution in [1.82, 2.24) is 0 Å². The summed E-state index contributed by atoms with van der Waals surface area (Å²) in [5.41, 5.74) is 0.690. The molecule has 1 saturated carbocycles. The van der Waals surface area contributed by atoms with Crippen LogP contribution in [0.25, 0.3) is 0 Å². The quantitative estimate of drug-likeness (QED) is 0.752. The maximum absolute atomic E-state index is 13.8. The van der Waals surface area contributed by atoms with Crippen molar-refractivity contribution in [2.45, 2.75) is 32.1 Å². The fraction of sp³-hybridized carbons (Fsp3) is 0.625. The van der Waals surface area contributed by atoms with Crippen LogP contribution in [0.3, 0.4) is 0 Å². The molecule has 2 rings (SSSR count). The third kappa shape index (κ3) is 5.25. The Bertz CT molecular complexity index is 592. The third-order valence-corrected chi connectivity index (χ3v) is 4.81. The van der Waals surface area contributed by atoms with Crippen LogP contribution in [0.2, 0.25) is 0 Å². The molecule has 1 fully saturated rings. The Hall–Kier alpha value is -1.14. The molecule has 0 amide bonds. The van der Waals surface area contributed by atoms with E-state index in [0.717, 1.165) is 31.9 Å². The molecule has 0 aliphatic heterocycles. The highest BCUT2D eigenvalue weighted by molar-refractivity contribution is 7.85. The van der Waals surface area contributed by atoms with Gasteiger partial charge in [0.15, 0.2) is 0 Å². The van der Waals surface area contributed by atoms with E-state index < -0.39 is 10.1 Å². The van der Waals surface area contributed by atoms with Crippen molar-refractivity contribution in [2.24, 2.45) is 11.8 Å². The average Bonchev–Trinajstić information content (AvgIpc) is 2.48. The molecule has 22 heavy (non-hydrogen) atoms. The minimum Gasteiger partial charge on any atom is -0.497 e. The van der Waals surface area contributed by atoms with Crippen molar-refractivity contribution in [2.75, 3.05) is 20.0 Å². The van der Waals surface area contributed by atoms with E-state index in [2.05, 4.69) is 0 Å². The predicted octanol–water partition coefficient (Wildman–Crippen LogP) is 3.16. The highest BCUT2D eigenvalue weighted by atomic mass is 32.2. The first-order chi connectivity index (χ1) is 10.4. The molecule has 0 atom stereocenters. The first kappa shape index (κ1) is 17.2. The Kier molecular flexibility index (Phi) is 5.81. The van der Waals surface area contributed by atoms with Gasteiger partial charge in [-0.25, -0.2) is 4.39 Å². The molecule has 6 heteroatoms. The minimum atomic E-state index is -3.36. The molecule has 1 aromatic rings. The summed E-state index contributed by atoms with van der Waals surface area (Å²) in [5, 5.41) is 0. The second-order valence-electron chi connectivity index (χ2n) is 6.04. The second kappa shape index (κ2) is 7.42. The molecule has 124 valence electrons. The van der Waals surface area contributed by atoms with Gasteiger partial charge in [-0.15, -0.1) is 0 Å². The molecule has 0 saturated heterocycles. The van der Waals surface area contributed by atoms with Gasteiger partial charge in [0.25, 0.3) is 10.1 Å². The summed E-state index contributed by atoms with van der Waals surface area (Å²) in [5.74, 6) is 1.19. The van der Waals surface area contributed by atoms with Crippen LogP contribution in [-0.4, -0.2) is 28.4 Å². The van der Waals surface area contributed by atoms with E-state index in [1.165, 1.54) is 6.07 Å². The number of ether oxygens (including phenoxy) is 1. The fourth-order valence-corrected chi connectivity index (χ4v) is 3.41. The van der Waals surface area contributed by atoms with E-state index in [9.17, 15) is 12.8 Å². The zero-order valence-corrected chi connectivity index (χ0v) is 13.9. The zero-order valence-electron chi connectivity index (χ0n) is 13.0. The fourth-order valence-electron chi connectivity index (χ4n) is 2.97. The lowest BCUT2D eigenvalue weighted by Crippen LogP contribution is -2.21. The summed E-state index contributed by atoms with van der Waals surface area (Å²) in [6.45, 7) is 0.263. The Morgan fingerprint density at radius 3 is 2.41 bits per heavy atom. The molecule has 4 nitrogen and oxygen atoms in total. The zero-order chi connectivity index (χ0) is 16.2. The molecule has 0 N–H and O–H groups in total. The van der Waals surface area contributed by atoms with Crippen molar-refractivity contribution < 1.29 is 21.7 Å². The molecule has 0 heterocycles. The predicted molar refractivity (Wildman–Crippen MR) is 82.9 cm³/mol. The largest absolute Gasteiger partial charge is 0.497 e. The number of hydrogen-bond donors (Lipinski definition) is 0. The Morgan fingerprint density at radius 2 is 1.82 bits per heavy atom. The van der Waals surface area contributed by atoms with Gasteiger partial charge in [0.1, 0.15) is 11.6 Å². The van der Waals surface area contributed by atoms with E-state index in [0.29, 0.717) is 23.7 Å². The maximum Gasteiger partial charge on any atom is 0.264 e. The lowest BCUT2D eigenvalue weighted by atomic mass is 9.79. The first-order valence-corrected chi connectivity index (χ1v) is 9.36. The van der Waals surface area contributed by atoms with Crippen LogP contribution in [0.1, 0.15) is 31.2 Å². The number of benzene rings is 1. The molecule has 0 spiro atoms. The van der Waals surface area contributed by atoms with Crippen LogP contribution in [0.15, 0.2) is 18.2 Å². The van der Waals surface area contributed by atoms with Crippen LogP contribution < -0.4 is 4.74 Å². The number of hydrogen-bond acceptors (Lipinski definition) is 4. The summed E-state index contributed by atoms with van der Waals surface area (Å²) in [7, 11) is -1.79. The molecule has 1 aliphatic carbocycles. The summed E-state index contributed by atoms with van der Waals surface area (Å²) >= 11 is 0. The van der Waals surface area contributed by atoms with Gasteiger partial charge in [0, 0.05) is 0 Å². The smallest absolute Gasteiger partial charge is 0.264 e.